The van der Waals surface area contributed by atoms with Crippen LogP contribution < -0.4 is 0 Å². The van der Waals surface area contributed by atoms with Crippen molar-refractivity contribution in [3.8, 4) is 11.5 Å². The second-order valence-corrected chi connectivity index (χ2v) is 6.46. The van der Waals surface area contributed by atoms with Gasteiger partial charge in [0.1, 0.15) is 0 Å². The smallest absolute Gasteiger partial charge is 0.253 e. The molecule has 1 unspecified atom stereocenters. The molecule has 1 aromatic carbocycles. The lowest BCUT2D eigenvalue weighted by Crippen LogP contribution is -2.39. The number of alkyl halides is 1. The van der Waals surface area contributed by atoms with Gasteiger partial charge in [0.05, 0.1) is 0 Å². The largest absolute Gasteiger partial charge is 0.504 e. The number of rotatable bonds is 2. The Hall–Kier alpha value is -1.23. The highest BCUT2D eigenvalue weighted by molar-refractivity contribution is 9.09. The van der Waals surface area contributed by atoms with E-state index in [9.17, 15) is 15.0 Å². The monoisotopic (exact) mass is 327 g/mol. The first-order chi connectivity index (χ1) is 8.99. The van der Waals surface area contributed by atoms with E-state index < -0.39 is 0 Å². The summed E-state index contributed by atoms with van der Waals surface area (Å²) in [5.74, 6) is 0.0615. The highest BCUT2D eigenvalue weighted by Gasteiger charge is 2.26. The molecule has 0 saturated carbocycles. The zero-order valence-corrected chi connectivity index (χ0v) is 12.4. The summed E-state index contributed by atoms with van der Waals surface area (Å²) in [6.45, 7) is 3.61. The molecule has 2 N–H and O–H groups in total. The molecule has 104 valence electrons. The Morgan fingerprint density at radius 1 is 1.32 bits per heavy atom. The van der Waals surface area contributed by atoms with Gasteiger partial charge in [0.25, 0.3) is 5.91 Å². The van der Waals surface area contributed by atoms with Crippen molar-refractivity contribution in [3.05, 3.63) is 23.8 Å². The second kappa shape index (κ2) is 5.82. The van der Waals surface area contributed by atoms with Crippen LogP contribution in [0.3, 0.4) is 0 Å². The maximum Gasteiger partial charge on any atom is 0.253 e. The summed E-state index contributed by atoms with van der Waals surface area (Å²) in [6, 6.07) is 4.20. The van der Waals surface area contributed by atoms with Crippen LogP contribution in [0, 0.1) is 5.92 Å². The zero-order chi connectivity index (χ0) is 14.0. The molecule has 1 fully saturated rings. The molecule has 0 aromatic heterocycles. The predicted molar refractivity (Wildman–Crippen MR) is 76.8 cm³/mol. The van der Waals surface area contributed by atoms with E-state index in [-0.39, 0.29) is 17.4 Å². The van der Waals surface area contributed by atoms with Crippen LogP contribution in [0.1, 0.15) is 30.1 Å². The number of hydrogen-bond donors (Lipinski definition) is 2. The number of nitrogens with zero attached hydrogens (tertiary/aromatic N) is 1. The number of likely N-dealkylation sites (tertiary alicyclic amines) is 1. The summed E-state index contributed by atoms with van der Waals surface area (Å²) in [7, 11) is 0. The van der Waals surface area contributed by atoms with Gasteiger partial charge in [-0.1, -0.05) is 22.9 Å². The van der Waals surface area contributed by atoms with Crippen molar-refractivity contribution >= 4 is 21.8 Å². The summed E-state index contributed by atoms with van der Waals surface area (Å²) < 4.78 is 0. The third-order valence-electron chi connectivity index (χ3n) is 3.70. The molecule has 0 radical (unpaired) electrons. The molecular formula is C14H18BrNO3. The lowest BCUT2D eigenvalue weighted by molar-refractivity contribution is 0.0691. The zero-order valence-electron chi connectivity index (χ0n) is 10.8. The number of aromatic hydroxyl groups is 2. The lowest BCUT2D eigenvalue weighted by atomic mass is 9.94. The van der Waals surface area contributed by atoms with Crippen molar-refractivity contribution in [2.45, 2.75) is 24.6 Å². The molecule has 0 spiro atoms. The normalized spacial score (nSPS) is 18.3. The Labute approximate surface area is 121 Å². The van der Waals surface area contributed by atoms with E-state index in [0.29, 0.717) is 16.3 Å². The Morgan fingerprint density at radius 3 is 2.47 bits per heavy atom. The standard InChI is InChI=1S/C14H18BrNO3/c1-9(15)10-4-6-16(7-5-10)14(19)11-2-3-12(17)13(18)8-11/h2-3,8-10,17-18H,4-7H2,1H3. The minimum Gasteiger partial charge on any atom is -0.504 e. The van der Waals surface area contributed by atoms with Gasteiger partial charge in [-0.3, -0.25) is 4.79 Å². The van der Waals surface area contributed by atoms with E-state index in [1.54, 1.807) is 4.90 Å². The number of hydrogen-bond acceptors (Lipinski definition) is 3. The van der Waals surface area contributed by atoms with Crippen molar-refractivity contribution in [2.75, 3.05) is 13.1 Å². The van der Waals surface area contributed by atoms with Gasteiger partial charge >= 0.3 is 0 Å². The number of phenolic OH excluding ortho intramolecular Hbond substituents is 2. The van der Waals surface area contributed by atoms with Crippen LogP contribution >= 0.6 is 15.9 Å². The first kappa shape index (κ1) is 14.2. The summed E-state index contributed by atoms with van der Waals surface area (Å²) in [5, 5.41) is 18.7. The topological polar surface area (TPSA) is 60.8 Å². The number of carbonyl (C=O) groups excluding carboxylic acids is 1. The highest BCUT2D eigenvalue weighted by Crippen LogP contribution is 2.28. The Bertz CT molecular complexity index is 468. The van der Waals surface area contributed by atoms with Crippen LogP contribution in [-0.2, 0) is 0 Å². The number of benzene rings is 1. The van der Waals surface area contributed by atoms with Gasteiger partial charge in [0.15, 0.2) is 11.5 Å². The van der Waals surface area contributed by atoms with Crippen molar-refractivity contribution in [1.29, 1.82) is 0 Å². The molecule has 1 heterocycles. The molecule has 4 nitrogen and oxygen atoms in total. The van der Waals surface area contributed by atoms with Gasteiger partial charge in [-0.2, -0.15) is 0 Å². The van der Waals surface area contributed by atoms with Crippen LogP contribution in [0.2, 0.25) is 0 Å². The number of phenols is 2. The average Bonchev–Trinajstić information content (AvgIpc) is 2.41. The molecule has 5 heteroatoms. The minimum atomic E-state index is -0.255. The molecule has 0 bridgehead atoms. The molecule has 1 aliphatic rings. The summed E-state index contributed by atoms with van der Waals surface area (Å²) in [4.78, 5) is 14.5. The fourth-order valence-corrected chi connectivity index (χ4v) is 2.93. The molecule has 1 amide bonds. The van der Waals surface area contributed by atoms with Gasteiger partial charge in [-0.25, -0.2) is 0 Å². The fraction of sp³-hybridized carbons (Fsp3) is 0.500. The molecule has 1 aliphatic heterocycles. The van der Waals surface area contributed by atoms with Crippen molar-refractivity contribution in [2.24, 2.45) is 5.92 Å². The van der Waals surface area contributed by atoms with Crippen molar-refractivity contribution in [3.63, 3.8) is 0 Å². The highest BCUT2D eigenvalue weighted by atomic mass is 79.9. The van der Waals surface area contributed by atoms with E-state index in [1.165, 1.54) is 18.2 Å². The van der Waals surface area contributed by atoms with Crippen LogP contribution in [-0.4, -0.2) is 38.9 Å². The SMILES string of the molecule is CC(Br)C1CCN(C(=O)c2ccc(O)c(O)c2)CC1. The first-order valence-corrected chi connectivity index (χ1v) is 7.36. The maximum atomic E-state index is 12.3. The molecule has 1 aromatic rings. The number of halogens is 1. The molecule has 19 heavy (non-hydrogen) atoms. The number of amides is 1. The third kappa shape index (κ3) is 3.21. The molecule has 1 saturated heterocycles. The van der Waals surface area contributed by atoms with Crippen LogP contribution in [0.25, 0.3) is 0 Å². The fourth-order valence-electron chi connectivity index (χ4n) is 2.40. The van der Waals surface area contributed by atoms with E-state index in [1.807, 2.05) is 0 Å². The third-order valence-corrected chi connectivity index (χ3v) is 4.45. The van der Waals surface area contributed by atoms with E-state index in [0.717, 1.165) is 25.9 Å². The summed E-state index contributed by atoms with van der Waals surface area (Å²) >= 11 is 3.59. The van der Waals surface area contributed by atoms with Crippen LogP contribution in [0.5, 0.6) is 11.5 Å². The Balaban J connectivity index is 2.03. The molecule has 1 atom stereocenters. The first-order valence-electron chi connectivity index (χ1n) is 6.44. The average molecular weight is 328 g/mol. The molecule has 2 rings (SSSR count). The van der Waals surface area contributed by atoms with Gasteiger partial charge in [0.2, 0.25) is 0 Å². The van der Waals surface area contributed by atoms with E-state index in [2.05, 4.69) is 22.9 Å². The Kier molecular flexibility index (Phi) is 4.34. The van der Waals surface area contributed by atoms with Gasteiger partial charge in [-0.15, -0.1) is 0 Å². The second-order valence-electron chi connectivity index (χ2n) is 5.01. The molecule has 0 aliphatic carbocycles. The van der Waals surface area contributed by atoms with Gasteiger partial charge in [0, 0.05) is 23.5 Å². The maximum absolute atomic E-state index is 12.3. The van der Waals surface area contributed by atoms with Gasteiger partial charge < -0.3 is 15.1 Å². The van der Waals surface area contributed by atoms with E-state index >= 15 is 0 Å². The van der Waals surface area contributed by atoms with E-state index in [4.69, 9.17) is 0 Å². The number of carbonyl (C=O) groups is 1. The van der Waals surface area contributed by atoms with Gasteiger partial charge in [-0.05, 0) is 37.0 Å². The summed E-state index contributed by atoms with van der Waals surface area (Å²) in [6.07, 6.45) is 1.98. The van der Waals surface area contributed by atoms with Crippen molar-refractivity contribution in [1.82, 2.24) is 4.90 Å². The Morgan fingerprint density at radius 2 is 1.95 bits per heavy atom. The van der Waals surface area contributed by atoms with Crippen LogP contribution in [0.15, 0.2) is 18.2 Å². The number of piperidine rings is 1. The van der Waals surface area contributed by atoms with Crippen molar-refractivity contribution < 1.29 is 15.0 Å². The van der Waals surface area contributed by atoms with Crippen LogP contribution in [0.4, 0.5) is 0 Å². The molecular weight excluding hydrogens is 310 g/mol. The quantitative estimate of drug-likeness (QED) is 0.648. The predicted octanol–water partition coefficient (Wildman–Crippen LogP) is 2.73. The minimum absolute atomic E-state index is 0.0871. The summed E-state index contributed by atoms with van der Waals surface area (Å²) in [5.41, 5.74) is 0.417. The lowest BCUT2D eigenvalue weighted by Gasteiger charge is -2.33.